The van der Waals surface area contributed by atoms with Crippen molar-refractivity contribution in [1.29, 1.82) is 0 Å². The molecule has 0 aliphatic carbocycles. The molecule has 1 rings (SSSR count). The molecule has 1 heterocycles. The zero-order valence-electron chi connectivity index (χ0n) is 11.8. The molecular formula is C11H19F3N6. The summed E-state index contributed by atoms with van der Waals surface area (Å²) in [5.74, 6) is 0.148. The third-order valence-corrected chi connectivity index (χ3v) is 2.71. The lowest BCUT2D eigenvalue weighted by Crippen LogP contribution is -2.36. The standard InChI is InChI=1S/C11H19F3N6/c1-4-19(5-2)9-16-8(15)17-10(18-9)20(6-3)7-11(12,13)14/h4-7H2,1-3H3,(H2,15,16,17,18). The van der Waals surface area contributed by atoms with Crippen LogP contribution in [0.3, 0.4) is 0 Å². The number of alkyl halides is 3. The van der Waals surface area contributed by atoms with E-state index < -0.39 is 12.7 Å². The van der Waals surface area contributed by atoms with Gasteiger partial charge in [0, 0.05) is 19.6 Å². The Hall–Kier alpha value is -1.80. The van der Waals surface area contributed by atoms with E-state index in [0.717, 1.165) is 4.90 Å². The first-order valence-corrected chi connectivity index (χ1v) is 6.38. The molecule has 0 amide bonds. The number of nitrogens with two attached hydrogens (primary N) is 1. The fourth-order valence-corrected chi connectivity index (χ4v) is 1.70. The lowest BCUT2D eigenvalue weighted by molar-refractivity contribution is -0.119. The maximum Gasteiger partial charge on any atom is 0.406 e. The average molecular weight is 292 g/mol. The molecule has 0 saturated carbocycles. The van der Waals surface area contributed by atoms with Gasteiger partial charge in [-0.25, -0.2) is 0 Å². The molecule has 0 bridgehead atoms. The molecule has 6 nitrogen and oxygen atoms in total. The van der Waals surface area contributed by atoms with E-state index in [1.807, 2.05) is 13.8 Å². The molecule has 0 atom stereocenters. The van der Waals surface area contributed by atoms with Crippen LogP contribution in [0.25, 0.3) is 0 Å². The molecule has 0 fully saturated rings. The molecule has 20 heavy (non-hydrogen) atoms. The highest BCUT2D eigenvalue weighted by Gasteiger charge is 2.31. The zero-order valence-corrected chi connectivity index (χ0v) is 11.8. The zero-order chi connectivity index (χ0) is 15.3. The smallest absolute Gasteiger partial charge is 0.368 e. The second-order valence-electron chi connectivity index (χ2n) is 4.10. The molecule has 0 unspecified atom stereocenters. The van der Waals surface area contributed by atoms with Gasteiger partial charge in [-0.1, -0.05) is 0 Å². The van der Waals surface area contributed by atoms with Gasteiger partial charge >= 0.3 is 6.18 Å². The highest BCUT2D eigenvalue weighted by Crippen LogP contribution is 2.21. The molecular weight excluding hydrogens is 273 g/mol. The Kier molecular flexibility index (Phi) is 5.34. The minimum Gasteiger partial charge on any atom is -0.368 e. The fourth-order valence-electron chi connectivity index (χ4n) is 1.70. The number of hydrogen-bond donors (Lipinski definition) is 1. The van der Waals surface area contributed by atoms with Crippen molar-refractivity contribution in [2.75, 3.05) is 41.7 Å². The van der Waals surface area contributed by atoms with Gasteiger partial charge in [-0.3, -0.25) is 0 Å². The van der Waals surface area contributed by atoms with Crippen molar-refractivity contribution in [2.24, 2.45) is 0 Å². The number of hydrogen-bond acceptors (Lipinski definition) is 6. The molecule has 114 valence electrons. The van der Waals surface area contributed by atoms with Crippen molar-refractivity contribution in [3.05, 3.63) is 0 Å². The lowest BCUT2D eigenvalue weighted by Gasteiger charge is -2.24. The van der Waals surface area contributed by atoms with Gasteiger partial charge < -0.3 is 15.5 Å². The summed E-state index contributed by atoms with van der Waals surface area (Å²) in [7, 11) is 0. The van der Waals surface area contributed by atoms with Gasteiger partial charge in [0.15, 0.2) is 0 Å². The number of anilines is 3. The van der Waals surface area contributed by atoms with Gasteiger partial charge in [0.25, 0.3) is 0 Å². The summed E-state index contributed by atoms with van der Waals surface area (Å²) < 4.78 is 37.5. The van der Waals surface area contributed by atoms with E-state index in [2.05, 4.69) is 15.0 Å². The predicted octanol–water partition coefficient (Wildman–Crippen LogP) is 1.69. The van der Waals surface area contributed by atoms with Crippen molar-refractivity contribution >= 4 is 17.8 Å². The van der Waals surface area contributed by atoms with E-state index in [4.69, 9.17) is 5.73 Å². The van der Waals surface area contributed by atoms with Crippen molar-refractivity contribution in [3.8, 4) is 0 Å². The molecule has 0 aromatic carbocycles. The van der Waals surface area contributed by atoms with Gasteiger partial charge in [-0.15, -0.1) is 0 Å². The molecule has 0 radical (unpaired) electrons. The summed E-state index contributed by atoms with van der Waals surface area (Å²) in [5.41, 5.74) is 5.57. The first-order valence-electron chi connectivity index (χ1n) is 6.38. The van der Waals surface area contributed by atoms with E-state index in [1.54, 1.807) is 11.8 Å². The van der Waals surface area contributed by atoms with Crippen molar-refractivity contribution in [2.45, 2.75) is 26.9 Å². The minimum atomic E-state index is -4.33. The Morgan fingerprint density at radius 2 is 1.35 bits per heavy atom. The molecule has 0 aliphatic heterocycles. The number of nitrogen functional groups attached to an aromatic ring is 1. The van der Waals surface area contributed by atoms with Gasteiger partial charge in [-0.05, 0) is 20.8 Å². The van der Waals surface area contributed by atoms with Gasteiger partial charge in [0.1, 0.15) is 6.54 Å². The summed E-state index contributed by atoms with van der Waals surface area (Å²) in [6.07, 6.45) is -4.33. The largest absolute Gasteiger partial charge is 0.406 e. The summed E-state index contributed by atoms with van der Waals surface area (Å²) in [6.45, 7) is 5.66. The molecule has 1 aromatic rings. The molecule has 9 heteroatoms. The van der Waals surface area contributed by atoms with E-state index in [0.29, 0.717) is 13.1 Å². The van der Waals surface area contributed by atoms with Crippen LogP contribution in [0.1, 0.15) is 20.8 Å². The van der Waals surface area contributed by atoms with Crippen molar-refractivity contribution in [3.63, 3.8) is 0 Å². The Labute approximate surface area is 115 Å². The molecule has 0 aliphatic rings. The van der Waals surface area contributed by atoms with Crippen molar-refractivity contribution in [1.82, 2.24) is 15.0 Å². The minimum absolute atomic E-state index is 0.0563. The van der Waals surface area contributed by atoms with Crippen LogP contribution in [0.15, 0.2) is 0 Å². The third kappa shape index (κ3) is 4.39. The molecule has 0 saturated heterocycles. The highest BCUT2D eigenvalue weighted by atomic mass is 19.4. The van der Waals surface area contributed by atoms with Crippen LogP contribution in [0, 0.1) is 0 Å². The first-order chi connectivity index (χ1) is 9.30. The Bertz CT molecular complexity index is 433. The Morgan fingerprint density at radius 1 is 0.900 bits per heavy atom. The average Bonchev–Trinajstić information content (AvgIpc) is 2.35. The normalized spacial score (nSPS) is 11.5. The van der Waals surface area contributed by atoms with Crippen LogP contribution >= 0.6 is 0 Å². The van der Waals surface area contributed by atoms with E-state index >= 15 is 0 Å². The highest BCUT2D eigenvalue weighted by molar-refractivity contribution is 5.43. The third-order valence-electron chi connectivity index (χ3n) is 2.71. The topological polar surface area (TPSA) is 71.2 Å². The van der Waals surface area contributed by atoms with Crippen LogP contribution in [-0.4, -0.2) is 47.3 Å². The fraction of sp³-hybridized carbons (Fsp3) is 0.727. The maximum atomic E-state index is 12.5. The predicted molar refractivity (Wildman–Crippen MR) is 71.7 cm³/mol. The lowest BCUT2D eigenvalue weighted by atomic mass is 10.5. The van der Waals surface area contributed by atoms with E-state index in [9.17, 15) is 13.2 Å². The van der Waals surface area contributed by atoms with Crippen molar-refractivity contribution < 1.29 is 13.2 Å². The number of nitrogens with zero attached hydrogens (tertiary/aromatic N) is 5. The summed E-state index contributed by atoms with van der Waals surface area (Å²) in [6, 6.07) is 0. The summed E-state index contributed by atoms with van der Waals surface area (Å²) in [5, 5.41) is 0. The maximum absolute atomic E-state index is 12.5. The Morgan fingerprint density at radius 3 is 1.75 bits per heavy atom. The molecule has 0 spiro atoms. The SMILES string of the molecule is CCN(CC)c1nc(N)nc(N(CC)CC(F)(F)F)n1. The first kappa shape index (κ1) is 16.3. The number of rotatable bonds is 6. The molecule has 1 aromatic heterocycles. The number of aromatic nitrogens is 3. The number of halogens is 3. The van der Waals surface area contributed by atoms with Crippen LogP contribution in [-0.2, 0) is 0 Å². The van der Waals surface area contributed by atoms with E-state index in [-0.39, 0.29) is 24.4 Å². The Balaban J connectivity index is 3.10. The van der Waals surface area contributed by atoms with Gasteiger partial charge in [-0.2, -0.15) is 28.1 Å². The van der Waals surface area contributed by atoms with Gasteiger partial charge in [0.05, 0.1) is 0 Å². The van der Waals surface area contributed by atoms with Gasteiger partial charge in [0.2, 0.25) is 17.8 Å². The van der Waals surface area contributed by atoms with Crippen LogP contribution < -0.4 is 15.5 Å². The van der Waals surface area contributed by atoms with Crippen LogP contribution in [0.4, 0.5) is 31.0 Å². The summed E-state index contributed by atoms with van der Waals surface area (Å²) in [4.78, 5) is 14.7. The quantitative estimate of drug-likeness (QED) is 0.860. The summed E-state index contributed by atoms with van der Waals surface area (Å²) >= 11 is 0. The second-order valence-corrected chi connectivity index (χ2v) is 4.10. The monoisotopic (exact) mass is 292 g/mol. The van der Waals surface area contributed by atoms with Crippen LogP contribution in [0.5, 0.6) is 0 Å². The van der Waals surface area contributed by atoms with Crippen LogP contribution in [0.2, 0.25) is 0 Å². The van der Waals surface area contributed by atoms with E-state index in [1.165, 1.54) is 0 Å². The second kappa shape index (κ2) is 6.58. The molecule has 2 N–H and O–H groups in total.